The smallest absolute Gasteiger partial charge is 0.414 e. The molecule has 4 aromatic rings. The lowest BCUT2D eigenvalue weighted by Crippen LogP contribution is -2.34. The molecule has 44 heavy (non-hydrogen) atoms. The lowest BCUT2D eigenvalue weighted by molar-refractivity contribution is -0.159. The summed E-state index contributed by atoms with van der Waals surface area (Å²) in [6.45, 7) is 0.992. The van der Waals surface area contributed by atoms with Crippen molar-refractivity contribution in [2.24, 2.45) is 7.05 Å². The standard InChI is InChI=1S/C30H34N2O6.C2H2O4/c1-32-26(14-21-10-12-24(35-2)16-25(21)30(32)34)22-11-13-27(28(15-22)36-3)38-19-23(33)17-31-18-29(37-4)20-8-6-5-7-9-20;3-1(4)2(5)6/h5-16,23,29,31,33H,17-19H2,1-4H3;(H,3,4)(H,5,6). The number of aliphatic hydroxyl groups is 1. The van der Waals surface area contributed by atoms with Crippen LogP contribution in [0.2, 0.25) is 0 Å². The zero-order valence-corrected chi connectivity index (χ0v) is 24.9. The maximum absolute atomic E-state index is 13.0. The van der Waals surface area contributed by atoms with E-state index in [0.29, 0.717) is 35.7 Å². The van der Waals surface area contributed by atoms with Gasteiger partial charge in [0.1, 0.15) is 18.5 Å². The predicted octanol–water partition coefficient (Wildman–Crippen LogP) is 3.10. The van der Waals surface area contributed by atoms with Crippen LogP contribution in [0.3, 0.4) is 0 Å². The number of aliphatic carboxylic acids is 2. The van der Waals surface area contributed by atoms with Crippen molar-refractivity contribution in [3.8, 4) is 28.5 Å². The summed E-state index contributed by atoms with van der Waals surface area (Å²) in [5, 5.41) is 29.9. The molecule has 0 radical (unpaired) electrons. The molecule has 3 aromatic carbocycles. The SMILES string of the molecule is COc1ccc2cc(-c3ccc(OCC(O)CNCC(OC)c4ccccc4)c(OC)c3)n(C)c(=O)c2c1.O=C(O)C(=O)O. The van der Waals surface area contributed by atoms with Crippen LogP contribution < -0.4 is 25.1 Å². The lowest BCUT2D eigenvalue weighted by atomic mass is 10.1. The first kappa shape index (κ1) is 33.6. The number of pyridine rings is 1. The van der Waals surface area contributed by atoms with E-state index in [0.717, 1.165) is 22.2 Å². The highest BCUT2D eigenvalue weighted by Gasteiger charge is 2.15. The Kier molecular flexibility index (Phi) is 12.3. The molecule has 234 valence electrons. The molecule has 4 N–H and O–H groups in total. The number of methoxy groups -OCH3 is 3. The van der Waals surface area contributed by atoms with E-state index in [-0.39, 0.29) is 18.3 Å². The predicted molar refractivity (Wildman–Crippen MR) is 164 cm³/mol. The number of hydrogen-bond donors (Lipinski definition) is 4. The number of aliphatic hydroxyl groups excluding tert-OH is 1. The van der Waals surface area contributed by atoms with Gasteiger partial charge in [-0.05, 0) is 47.3 Å². The molecule has 1 heterocycles. The molecule has 4 rings (SSSR count). The second-order valence-corrected chi connectivity index (χ2v) is 9.58. The van der Waals surface area contributed by atoms with Crippen LogP contribution in [-0.4, -0.2) is 79.0 Å². The van der Waals surface area contributed by atoms with E-state index in [2.05, 4.69) is 5.32 Å². The summed E-state index contributed by atoms with van der Waals surface area (Å²) in [5.41, 5.74) is 2.50. The minimum atomic E-state index is -1.82. The first-order valence-corrected chi connectivity index (χ1v) is 13.5. The highest BCUT2D eigenvalue weighted by molar-refractivity contribution is 6.27. The van der Waals surface area contributed by atoms with Gasteiger partial charge >= 0.3 is 11.9 Å². The summed E-state index contributed by atoms with van der Waals surface area (Å²) in [7, 11) is 6.54. The third kappa shape index (κ3) is 8.80. The van der Waals surface area contributed by atoms with E-state index in [4.69, 9.17) is 38.7 Å². The maximum atomic E-state index is 13.0. The van der Waals surface area contributed by atoms with Crippen molar-refractivity contribution in [1.82, 2.24) is 9.88 Å². The summed E-state index contributed by atoms with van der Waals surface area (Å²) >= 11 is 0. The normalized spacial score (nSPS) is 12.0. The topological polar surface area (TPSA) is 166 Å². The maximum Gasteiger partial charge on any atom is 0.414 e. The highest BCUT2D eigenvalue weighted by Crippen LogP contribution is 2.33. The number of carboxylic acid groups (broad SMARTS) is 2. The summed E-state index contributed by atoms with van der Waals surface area (Å²) in [5.74, 6) is -2.00. The molecule has 0 aliphatic rings. The Morgan fingerprint density at radius 2 is 1.57 bits per heavy atom. The van der Waals surface area contributed by atoms with Crippen LogP contribution in [0.1, 0.15) is 11.7 Å². The third-order valence-electron chi connectivity index (χ3n) is 6.69. The summed E-state index contributed by atoms with van der Waals surface area (Å²) < 4.78 is 23.9. The molecule has 12 heteroatoms. The Morgan fingerprint density at radius 1 is 0.864 bits per heavy atom. The number of benzene rings is 3. The van der Waals surface area contributed by atoms with Gasteiger partial charge in [0, 0.05) is 32.8 Å². The number of fused-ring (bicyclic) bond motifs is 1. The molecule has 0 saturated carbocycles. The quantitative estimate of drug-likeness (QED) is 0.175. The fraction of sp³-hybridized carbons (Fsp3) is 0.281. The van der Waals surface area contributed by atoms with Crippen LogP contribution in [0.15, 0.2) is 77.6 Å². The van der Waals surface area contributed by atoms with Crippen molar-refractivity contribution in [2.75, 3.05) is 41.0 Å². The van der Waals surface area contributed by atoms with Gasteiger partial charge in [0.25, 0.3) is 5.56 Å². The van der Waals surface area contributed by atoms with Gasteiger partial charge in [-0.3, -0.25) is 4.79 Å². The molecule has 0 fully saturated rings. The van der Waals surface area contributed by atoms with Crippen LogP contribution in [0.25, 0.3) is 22.0 Å². The van der Waals surface area contributed by atoms with E-state index in [1.54, 1.807) is 45.1 Å². The Hall–Kier alpha value is -4.91. The first-order chi connectivity index (χ1) is 21.1. The van der Waals surface area contributed by atoms with E-state index in [1.165, 1.54) is 0 Å². The largest absolute Gasteiger partial charge is 0.497 e. The molecule has 1 aromatic heterocycles. The average Bonchev–Trinajstić information content (AvgIpc) is 3.04. The number of hydrogen-bond acceptors (Lipinski definition) is 9. The zero-order valence-electron chi connectivity index (χ0n) is 24.9. The van der Waals surface area contributed by atoms with Crippen molar-refractivity contribution in [1.29, 1.82) is 0 Å². The Bertz CT molecular complexity index is 1610. The van der Waals surface area contributed by atoms with Gasteiger partial charge in [-0.1, -0.05) is 36.4 Å². The van der Waals surface area contributed by atoms with Gasteiger partial charge in [-0.25, -0.2) is 9.59 Å². The molecule has 0 spiro atoms. The molecule has 0 aliphatic heterocycles. The molecule has 2 unspecified atom stereocenters. The van der Waals surface area contributed by atoms with Gasteiger partial charge in [-0.2, -0.15) is 0 Å². The van der Waals surface area contributed by atoms with Crippen molar-refractivity contribution < 1.29 is 43.9 Å². The minimum absolute atomic E-state index is 0.0853. The molecule has 0 aliphatic carbocycles. The number of nitrogens with zero attached hydrogens (tertiary/aromatic N) is 1. The van der Waals surface area contributed by atoms with Crippen LogP contribution in [0.5, 0.6) is 17.2 Å². The summed E-state index contributed by atoms with van der Waals surface area (Å²) in [6.07, 6.45) is -0.837. The van der Waals surface area contributed by atoms with Gasteiger partial charge in [0.15, 0.2) is 11.5 Å². The monoisotopic (exact) mass is 608 g/mol. The molecule has 2 atom stereocenters. The molecule has 0 saturated heterocycles. The zero-order chi connectivity index (χ0) is 32.2. The van der Waals surface area contributed by atoms with Crippen molar-refractivity contribution >= 4 is 22.7 Å². The van der Waals surface area contributed by atoms with Crippen LogP contribution >= 0.6 is 0 Å². The number of carbonyl (C=O) groups is 2. The van der Waals surface area contributed by atoms with Crippen molar-refractivity contribution in [3.05, 3.63) is 88.7 Å². The number of nitrogens with one attached hydrogen (secondary N) is 1. The van der Waals surface area contributed by atoms with Gasteiger partial charge < -0.3 is 44.2 Å². The summed E-state index contributed by atoms with van der Waals surface area (Å²) in [6, 6.07) is 22.8. The summed E-state index contributed by atoms with van der Waals surface area (Å²) in [4.78, 5) is 31.2. The highest BCUT2D eigenvalue weighted by atomic mass is 16.5. The Morgan fingerprint density at radius 3 is 2.18 bits per heavy atom. The van der Waals surface area contributed by atoms with Gasteiger partial charge in [-0.15, -0.1) is 0 Å². The van der Waals surface area contributed by atoms with Crippen LogP contribution in [0.4, 0.5) is 0 Å². The van der Waals surface area contributed by atoms with E-state index in [9.17, 15) is 9.90 Å². The second kappa shape index (κ2) is 16.1. The minimum Gasteiger partial charge on any atom is -0.497 e. The van der Waals surface area contributed by atoms with E-state index < -0.39 is 18.0 Å². The molecule has 0 amide bonds. The number of carboxylic acids is 2. The molecule has 12 nitrogen and oxygen atoms in total. The molecular formula is C32H36N2O10. The van der Waals surface area contributed by atoms with Crippen LogP contribution in [-0.2, 0) is 21.4 Å². The Labute approximate surface area is 254 Å². The fourth-order valence-electron chi connectivity index (χ4n) is 4.36. The number of aromatic nitrogens is 1. The lowest BCUT2D eigenvalue weighted by Gasteiger charge is -2.19. The first-order valence-electron chi connectivity index (χ1n) is 13.5. The van der Waals surface area contributed by atoms with Gasteiger partial charge in [0.2, 0.25) is 0 Å². The number of ether oxygens (including phenoxy) is 4. The van der Waals surface area contributed by atoms with Gasteiger partial charge in [0.05, 0.1) is 31.4 Å². The van der Waals surface area contributed by atoms with Crippen LogP contribution in [0, 0.1) is 0 Å². The fourth-order valence-corrected chi connectivity index (χ4v) is 4.36. The van der Waals surface area contributed by atoms with E-state index >= 15 is 0 Å². The second-order valence-electron chi connectivity index (χ2n) is 9.58. The molecule has 0 bridgehead atoms. The molecular weight excluding hydrogens is 572 g/mol. The third-order valence-corrected chi connectivity index (χ3v) is 6.69. The van der Waals surface area contributed by atoms with Crippen molar-refractivity contribution in [3.63, 3.8) is 0 Å². The Balaban J connectivity index is 0.000000801. The average molecular weight is 609 g/mol. The van der Waals surface area contributed by atoms with E-state index in [1.807, 2.05) is 60.7 Å². The van der Waals surface area contributed by atoms with Crippen molar-refractivity contribution in [2.45, 2.75) is 12.2 Å². The number of rotatable bonds is 12.